The molecule has 0 unspecified atom stereocenters. The summed E-state index contributed by atoms with van der Waals surface area (Å²) < 4.78 is 1.52. The molecule has 1 heterocycles. The van der Waals surface area contributed by atoms with E-state index in [-0.39, 0.29) is 0 Å². The second-order valence-corrected chi connectivity index (χ2v) is 6.35. The van der Waals surface area contributed by atoms with E-state index in [4.69, 9.17) is 17.3 Å². The van der Waals surface area contributed by atoms with Gasteiger partial charge in [-0.1, -0.05) is 53.7 Å². The van der Waals surface area contributed by atoms with Gasteiger partial charge in [0.2, 0.25) is 0 Å². The van der Waals surface area contributed by atoms with Crippen LogP contribution in [0.1, 0.15) is 11.1 Å². The summed E-state index contributed by atoms with van der Waals surface area (Å²) in [5, 5.41) is 20.1. The lowest BCUT2D eigenvalue weighted by Crippen LogP contribution is -2.06. The molecule has 0 fully saturated rings. The summed E-state index contributed by atoms with van der Waals surface area (Å²) in [6.07, 6.45) is 3.06. The molecular weight excluding hydrogens is 358 g/mol. The Morgan fingerprint density at radius 3 is 2.84 bits per heavy atom. The molecule has 9 heteroatoms. The van der Waals surface area contributed by atoms with E-state index in [1.807, 2.05) is 30.3 Å². The highest BCUT2D eigenvalue weighted by Gasteiger charge is 2.05. The van der Waals surface area contributed by atoms with Crippen LogP contribution in [0.15, 0.2) is 65.1 Å². The first-order valence-electron chi connectivity index (χ1n) is 7.28. The van der Waals surface area contributed by atoms with Crippen LogP contribution in [0.4, 0.5) is 0 Å². The Balaban J connectivity index is 1.70. The highest BCUT2D eigenvalue weighted by Crippen LogP contribution is 2.17. The third-order valence-corrected chi connectivity index (χ3v) is 4.26. The predicted molar refractivity (Wildman–Crippen MR) is 101 cm³/mol. The smallest absolute Gasteiger partial charge is 0.180 e. The Hall–Kier alpha value is -2.71. The summed E-state index contributed by atoms with van der Waals surface area (Å²) >= 11 is 7.47. The number of benzene rings is 2. The third kappa shape index (κ3) is 4.88. The van der Waals surface area contributed by atoms with Crippen molar-refractivity contribution in [2.24, 2.45) is 15.9 Å². The standard InChI is InChI=1S/C16H14ClN7S/c17-14-6-7-15(24-11-20-22-23-24)13(8-14)9-19-21-16(18)25-10-12-4-2-1-3-5-12/h1-9,11H,10H2,(H2,18,21). The maximum absolute atomic E-state index is 6.05. The van der Waals surface area contributed by atoms with Gasteiger partial charge >= 0.3 is 0 Å². The van der Waals surface area contributed by atoms with Crippen LogP contribution in [0.3, 0.4) is 0 Å². The molecule has 0 atom stereocenters. The van der Waals surface area contributed by atoms with Crippen LogP contribution in [0.25, 0.3) is 5.69 Å². The molecule has 0 amide bonds. The van der Waals surface area contributed by atoms with Gasteiger partial charge in [-0.15, -0.1) is 10.2 Å². The topological polar surface area (TPSA) is 94.3 Å². The van der Waals surface area contributed by atoms with Gasteiger partial charge < -0.3 is 5.73 Å². The maximum atomic E-state index is 6.05. The molecule has 1 aromatic heterocycles. The molecule has 0 spiro atoms. The Morgan fingerprint density at radius 2 is 2.08 bits per heavy atom. The molecule has 3 rings (SSSR count). The normalized spacial score (nSPS) is 12.0. The first-order valence-corrected chi connectivity index (χ1v) is 8.65. The zero-order valence-electron chi connectivity index (χ0n) is 13.0. The largest absolute Gasteiger partial charge is 0.377 e. The van der Waals surface area contributed by atoms with Crippen molar-refractivity contribution in [1.82, 2.24) is 20.2 Å². The van der Waals surface area contributed by atoms with Gasteiger partial charge in [-0.2, -0.15) is 9.78 Å². The first kappa shape index (κ1) is 17.1. The summed E-state index contributed by atoms with van der Waals surface area (Å²) in [4.78, 5) is 0. The highest BCUT2D eigenvalue weighted by molar-refractivity contribution is 8.13. The molecule has 7 nitrogen and oxygen atoms in total. The van der Waals surface area contributed by atoms with Crippen LogP contribution < -0.4 is 5.73 Å². The summed E-state index contributed by atoms with van der Waals surface area (Å²) in [7, 11) is 0. The molecule has 0 aliphatic carbocycles. The molecule has 2 aromatic carbocycles. The molecule has 0 aliphatic rings. The van der Waals surface area contributed by atoms with Gasteiger partial charge in [-0.3, -0.25) is 0 Å². The fourth-order valence-electron chi connectivity index (χ4n) is 2.02. The minimum Gasteiger partial charge on any atom is -0.377 e. The Kier molecular flexibility index (Phi) is 5.76. The average Bonchev–Trinajstić information content (AvgIpc) is 3.15. The number of nitrogens with two attached hydrogens (primary N) is 1. The van der Waals surface area contributed by atoms with E-state index < -0.39 is 0 Å². The summed E-state index contributed by atoms with van der Waals surface area (Å²) in [6, 6.07) is 15.3. The molecule has 0 bridgehead atoms. The van der Waals surface area contributed by atoms with Gasteiger partial charge in [-0.05, 0) is 34.2 Å². The minimum absolute atomic E-state index is 0.381. The Morgan fingerprint density at radius 1 is 1.24 bits per heavy atom. The monoisotopic (exact) mass is 371 g/mol. The minimum atomic E-state index is 0.381. The van der Waals surface area contributed by atoms with Crippen LogP contribution in [-0.2, 0) is 5.75 Å². The van der Waals surface area contributed by atoms with Crippen molar-refractivity contribution >= 4 is 34.7 Å². The lowest BCUT2D eigenvalue weighted by molar-refractivity contribution is 0.788. The fourth-order valence-corrected chi connectivity index (χ4v) is 2.81. The number of tetrazole rings is 1. The molecule has 0 aliphatic heterocycles. The van der Waals surface area contributed by atoms with Crippen LogP contribution in [0.2, 0.25) is 5.02 Å². The average molecular weight is 372 g/mol. The van der Waals surface area contributed by atoms with Crippen molar-refractivity contribution in [3.63, 3.8) is 0 Å². The van der Waals surface area contributed by atoms with Crippen molar-refractivity contribution in [2.45, 2.75) is 5.75 Å². The van der Waals surface area contributed by atoms with E-state index in [0.717, 1.165) is 17.0 Å². The molecule has 25 heavy (non-hydrogen) atoms. The Labute approximate surface area is 153 Å². The van der Waals surface area contributed by atoms with Gasteiger partial charge in [0.15, 0.2) is 5.17 Å². The van der Waals surface area contributed by atoms with Crippen LogP contribution in [0.5, 0.6) is 0 Å². The Bertz CT molecular complexity index is 879. The van der Waals surface area contributed by atoms with E-state index in [9.17, 15) is 0 Å². The van der Waals surface area contributed by atoms with Crippen LogP contribution in [0, 0.1) is 0 Å². The zero-order chi connectivity index (χ0) is 17.5. The van der Waals surface area contributed by atoms with Crippen molar-refractivity contribution in [3.8, 4) is 5.69 Å². The second-order valence-electron chi connectivity index (χ2n) is 4.91. The SMILES string of the molecule is NC(=NN=Cc1cc(Cl)ccc1-n1cnnn1)SCc1ccccc1. The van der Waals surface area contributed by atoms with Gasteiger partial charge in [0.25, 0.3) is 0 Å². The number of aromatic nitrogens is 4. The molecular formula is C16H14ClN7S. The van der Waals surface area contributed by atoms with Gasteiger partial charge in [-0.25, -0.2) is 0 Å². The number of thioether (sulfide) groups is 1. The quantitative estimate of drug-likeness (QED) is 0.422. The van der Waals surface area contributed by atoms with E-state index >= 15 is 0 Å². The number of halogens is 1. The predicted octanol–water partition coefficient (Wildman–Crippen LogP) is 2.90. The van der Waals surface area contributed by atoms with Crippen molar-refractivity contribution in [2.75, 3.05) is 0 Å². The number of nitrogens with zero attached hydrogens (tertiary/aromatic N) is 6. The number of hydrogen-bond donors (Lipinski definition) is 1. The van der Waals surface area contributed by atoms with E-state index in [0.29, 0.717) is 10.2 Å². The molecule has 126 valence electrons. The van der Waals surface area contributed by atoms with Crippen LogP contribution in [-0.4, -0.2) is 31.6 Å². The van der Waals surface area contributed by atoms with Crippen molar-refractivity contribution in [1.29, 1.82) is 0 Å². The molecule has 2 N–H and O–H groups in total. The number of amidine groups is 1. The van der Waals surface area contributed by atoms with E-state index in [1.165, 1.54) is 28.3 Å². The summed E-state index contributed by atoms with van der Waals surface area (Å²) in [5.41, 5.74) is 8.52. The van der Waals surface area contributed by atoms with Gasteiger partial charge in [0, 0.05) is 16.3 Å². The molecule has 0 radical (unpaired) electrons. The van der Waals surface area contributed by atoms with E-state index in [1.54, 1.807) is 24.4 Å². The van der Waals surface area contributed by atoms with E-state index in [2.05, 4.69) is 25.7 Å². The summed E-state index contributed by atoms with van der Waals surface area (Å²) in [5.74, 6) is 0.735. The van der Waals surface area contributed by atoms with Crippen molar-refractivity contribution in [3.05, 3.63) is 71.0 Å². The number of hydrogen-bond acceptors (Lipinski definition) is 6. The first-order chi connectivity index (χ1) is 12.2. The van der Waals surface area contributed by atoms with Crippen LogP contribution >= 0.6 is 23.4 Å². The van der Waals surface area contributed by atoms with Gasteiger partial charge in [0.1, 0.15) is 6.33 Å². The molecule has 0 saturated heterocycles. The third-order valence-electron chi connectivity index (χ3n) is 3.17. The maximum Gasteiger partial charge on any atom is 0.180 e. The van der Waals surface area contributed by atoms with Crippen molar-refractivity contribution < 1.29 is 0 Å². The summed E-state index contributed by atoms with van der Waals surface area (Å²) in [6.45, 7) is 0. The van der Waals surface area contributed by atoms with Gasteiger partial charge in [0.05, 0.1) is 11.9 Å². The lowest BCUT2D eigenvalue weighted by atomic mass is 10.2. The molecule has 3 aromatic rings. The molecule has 0 saturated carbocycles. The fraction of sp³-hybridized carbons (Fsp3) is 0.0625. The number of rotatable bonds is 5. The zero-order valence-corrected chi connectivity index (χ0v) is 14.6. The second kappa shape index (κ2) is 8.41. The lowest BCUT2D eigenvalue weighted by Gasteiger charge is -2.04. The highest BCUT2D eigenvalue weighted by atomic mass is 35.5.